The van der Waals surface area contributed by atoms with E-state index in [0.29, 0.717) is 23.8 Å². The van der Waals surface area contributed by atoms with Gasteiger partial charge < -0.3 is 9.88 Å². The molecule has 0 unspecified atom stereocenters. The van der Waals surface area contributed by atoms with Crippen molar-refractivity contribution in [3.05, 3.63) is 70.8 Å². The quantitative estimate of drug-likeness (QED) is 0.560. The minimum Gasteiger partial charge on any atom is -0.325 e. The Labute approximate surface area is 172 Å². The lowest BCUT2D eigenvalue weighted by Crippen LogP contribution is -2.23. The number of anilines is 1. The summed E-state index contributed by atoms with van der Waals surface area (Å²) in [4.78, 5) is 12.5. The van der Waals surface area contributed by atoms with Crippen molar-refractivity contribution in [1.29, 1.82) is 0 Å². The molecule has 3 aromatic rings. The van der Waals surface area contributed by atoms with Crippen molar-refractivity contribution >= 4 is 35.0 Å². The average Bonchev–Trinajstić information content (AvgIpc) is 3.06. The minimum atomic E-state index is -0.524. The molecule has 0 saturated carbocycles. The van der Waals surface area contributed by atoms with Crippen LogP contribution in [0.1, 0.15) is 25.2 Å². The van der Waals surface area contributed by atoms with Crippen LogP contribution in [-0.2, 0) is 17.8 Å². The van der Waals surface area contributed by atoms with Gasteiger partial charge in [0.2, 0.25) is 5.91 Å². The van der Waals surface area contributed by atoms with Crippen LogP contribution in [0.4, 0.5) is 10.1 Å². The van der Waals surface area contributed by atoms with E-state index in [1.807, 2.05) is 41.8 Å². The first-order valence-corrected chi connectivity index (χ1v) is 10.1. The number of thioether (sulfide) groups is 1. The molecule has 0 bridgehead atoms. The molecule has 1 heterocycles. The predicted molar refractivity (Wildman–Crippen MR) is 110 cm³/mol. The monoisotopic (exact) mass is 418 g/mol. The van der Waals surface area contributed by atoms with Crippen LogP contribution in [-0.4, -0.2) is 25.9 Å². The molecular formula is C20H20ClFN4OS. The van der Waals surface area contributed by atoms with E-state index in [4.69, 9.17) is 11.6 Å². The highest BCUT2D eigenvalue weighted by atomic mass is 35.5. The van der Waals surface area contributed by atoms with Gasteiger partial charge in [0.15, 0.2) is 5.16 Å². The first-order chi connectivity index (χ1) is 13.5. The highest BCUT2D eigenvalue weighted by Crippen LogP contribution is 2.25. The lowest BCUT2D eigenvalue weighted by atomic mass is 10.1. The first kappa shape index (κ1) is 20.4. The third-order valence-corrected chi connectivity index (χ3v) is 5.52. The molecule has 0 aliphatic heterocycles. The molecule has 0 aliphatic rings. The Balaban J connectivity index is 1.68. The zero-order valence-electron chi connectivity index (χ0n) is 15.5. The molecule has 28 heavy (non-hydrogen) atoms. The molecule has 1 N–H and O–H groups in total. The zero-order chi connectivity index (χ0) is 20.1. The van der Waals surface area contributed by atoms with Gasteiger partial charge in [0.1, 0.15) is 11.6 Å². The number of aromatic nitrogens is 3. The van der Waals surface area contributed by atoms with Gasteiger partial charge in [-0.1, -0.05) is 53.7 Å². The Kier molecular flexibility index (Phi) is 6.70. The number of carbonyl (C=O) groups excluding carboxylic acids is 1. The number of nitrogens with one attached hydrogen (secondary N) is 1. The number of carbonyl (C=O) groups is 1. The highest BCUT2D eigenvalue weighted by Gasteiger charge is 2.20. The minimum absolute atomic E-state index is 0.0330. The second-order valence-electron chi connectivity index (χ2n) is 6.18. The maximum atomic E-state index is 13.3. The van der Waals surface area contributed by atoms with E-state index in [2.05, 4.69) is 15.5 Å². The summed E-state index contributed by atoms with van der Waals surface area (Å²) in [5, 5.41) is 11.6. The van der Waals surface area contributed by atoms with E-state index in [9.17, 15) is 9.18 Å². The Bertz CT molecular complexity index is 964. The first-order valence-electron chi connectivity index (χ1n) is 8.86. The fraction of sp³-hybridized carbons (Fsp3) is 0.250. The summed E-state index contributed by atoms with van der Waals surface area (Å²) in [7, 11) is 0. The molecule has 0 fully saturated rings. The van der Waals surface area contributed by atoms with E-state index in [0.717, 1.165) is 11.4 Å². The molecule has 2 aromatic carbocycles. The Morgan fingerprint density at radius 2 is 2.00 bits per heavy atom. The van der Waals surface area contributed by atoms with Crippen molar-refractivity contribution in [3.8, 4) is 0 Å². The molecule has 0 saturated heterocycles. The second-order valence-corrected chi connectivity index (χ2v) is 7.90. The molecule has 3 rings (SSSR count). The number of benzene rings is 2. The third kappa shape index (κ3) is 4.91. The van der Waals surface area contributed by atoms with E-state index < -0.39 is 11.1 Å². The van der Waals surface area contributed by atoms with Crippen LogP contribution in [0.15, 0.2) is 53.7 Å². The van der Waals surface area contributed by atoms with Gasteiger partial charge >= 0.3 is 0 Å². The number of rotatable bonds is 7. The van der Waals surface area contributed by atoms with Crippen molar-refractivity contribution < 1.29 is 9.18 Å². The SMILES string of the molecule is CCn1c(Cc2ccccc2)nnc1S[C@H](C)C(=O)Nc1ccc(F)c(Cl)c1. The normalized spacial score (nSPS) is 12.0. The van der Waals surface area contributed by atoms with Crippen molar-refractivity contribution in [2.24, 2.45) is 0 Å². The molecule has 1 amide bonds. The maximum absolute atomic E-state index is 13.3. The van der Waals surface area contributed by atoms with Crippen LogP contribution in [0.2, 0.25) is 5.02 Å². The number of halogens is 2. The molecule has 0 radical (unpaired) electrons. The van der Waals surface area contributed by atoms with Crippen LogP contribution < -0.4 is 5.32 Å². The van der Waals surface area contributed by atoms with Crippen molar-refractivity contribution in [2.45, 2.75) is 37.2 Å². The number of hydrogen-bond donors (Lipinski definition) is 1. The smallest absolute Gasteiger partial charge is 0.237 e. The molecule has 0 spiro atoms. The van der Waals surface area contributed by atoms with Crippen LogP contribution in [0.5, 0.6) is 0 Å². The third-order valence-electron chi connectivity index (χ3n) is 4.15. The lowest BCUT2D eigenvalue weighted by molar-refractivity contribution is -0.115. The fourth-order valence-electron chi connectivity index (χ4n) is 2.66. The van der Waals surface area contributed by atoms with Gasteiger partial charge in [-0.05, 0) is 37.6 Å². The van der Waals surface area contributed by atoms with Crippen LogP contribution in [0.25, 0.3) is 0 Å². The van der Waals surface area contributed by atoms with Gasteiger partial charge in [-0.15, -0.1) is 10.2 Å². The summed E-state index contributed by atoms with van der Waals surface area (Å²) in [6.07, 6.45) is 0.677. The summed E-state index contributed by atoms with van der Waals surface area (Å²) >= 11 is 7.09. The van der Waals surface area contributed by atoms with Crippen molar-refractivity contribution in [1.82, 2.24) is 14.8 Å². The summed E-state index contributed by atoms with van der Waals surface area (Å²) in [6.45, 7) is 4.52. The second kappa shape index (κ2) is 9.21. The van der Waals surface area contributed by atoms with Crippen molar-refractivity contribution in [2.75, 3.05) is 5.32 Å². The molecule has 5 nitrogen and oxygen atoms in total. The van der Waals surface area contributed by atoms with Gasteiger partial charge in [-0.3, -0.25) is 4.79 Å². The largest absolute Gasteiger partial charge is 0.325 e. The van der Waals surface area contributed by atoms with E-state index in [1.165, 1.54) is 30.0 Å². The average molecular weight is 419 g/mol. The zero-order valence-corrected chi connectivity index (χ0v) is 17.1. The Morgan fingerprint density at radius 1 is 1.25 bits per heavy atom. The maximum Gasteiger partial charge on any atom is 0.237 e. The van der Waals surface area contributed by atoms with Crippen molar-refractivity contribution in [3.63, 3.8) is 0 Å². The van der Waals surface area contributed by atoms with Gasteiger partial charge in [0, 0.05) is 18.7 Å². The predicted octanol–water partition coefficient (Wildman–Crippen LogP) is 4.80. The van der Waals surface area contributed by atoms with E-state index >= 15 is 0 Å². The van der Waals surface area contributed by atoms with Gasteiger partial charge in [0.25, 0.3) is 0 Å². The van der Waals surface area contributed by atoms with Crippen LogP contribution in [0.3, 0.4) is 0 Å². The van der Waals surface area contributed by atoms with Crippen LogP contribution >= 0.6 is 23.4 Å². The number of nitrogens with zero attached hydrogens (tertiary/aromatic N) is 3. The fourth-order valence-corrected chi connectivity index (χ4v) is 3.77. The molecule has 0 aliphatic carbocycles. The molecular weight excluding hydrogens is 399 g/mol. The summed E-state index contributed by atoms with van der Waals surface area (Å²) < 4.78 is 15.3. The molecule has 1 atom stereocenters. The Hall–Kier alpha value is -2.38. The Morgan fingerprint density at radius 3 is 2.68 bits per heavy atom. The molecule has 1 aromatic heterocycles. The van der Waals surface area contributed by atoms with E-state index in [1.54, 1.807) is 6.92 Å². The highest BCUT2D eigenvalue weighted by molar-refractivity contribution is 8.00. The topological polar surface area (TPSA) is 59.8 Å². The van der Waals surface area contributed by atoms with Gasteiger partial charge in [0.05, 0.1) is 10.3 Å². The van der Waals surface area contributed by atoms with Crippen LogP contribution in [0, 0.1) is 5.82 Å². The number of hydrogen-bond acceptors (Lipinski definition) is 4. The summed E-state index contributed by atoms with van der Waals surface area (Å²) in [6, 6.07) is 14.1. The number of amides is 1. The standard InChI is InChI=1S/C20H20ClFN4OS/c1-3-26-18(11-14-7-5-4-6-8-14)24-25-20(26)28-13(2)19(27)23-15-9-10-17(22)16(21)12-15/h4-10,12-13H,3,11H2,1-2H3,(H,23,27)/t13-/m1/s1. The molecule has 146 valence electrons. The summed E-state index contributed by atoms with van der Waals surface area (Å²) in [5.41, 5.74) is 1.60. The van der Waals surface area contributed by atoms with E-state index in [-0.39, 0.29) is 10.9 Å². The molecule has 8 heteroatoms. The van der Waals surface area contributed by atoms with Gasteiger partial charge in [-0.25, -0.2) is 4.39 Å². The van der Waals surface area contributed by atoms with Gasteiger partial charge in [-0.2, -0.15) is 0 Å². The summed E-state index contributed by atoms with van der Waals surface area (Å²) in [5.74, 6) is 0.112. The lowest BCUT2D eigenvalue weighted by Gasteiger charge is -2.13.